The summed E-state index contributed by atoms with van der Waals surface area (Å²) in [5.41, 5.74) is 7.60. The summed E-state index contributed by atoms with van der Waals surface area (Å²) in [5.74, 6) is 5.63. The van der Waals surface area contributed by atoms with Crippen LogP contribution in [0.5, 0.6) is 0 Å². The zero-order chi connectivity index (χ0) is 10.3. The quantitative estimate of drug-likeness (QED) is 0.572. The average Bonchev–Trinajstić information content (AvgIpc) is 2.73. The summed E-state index contributed by atoms with van der Waals surface area (Å²) < 4.78 is 1.19. The molecule has 3 nitrogen and oxygen atoms in total. The third-order valence-corrected chi connectivity index (χ3v) is 3.93. The number of nitrogens with one attached hydrogen (secondary N) is 1. The van der Waals surface area contributed by atoms with Crippen LogP contribution in [0.4, 0.5) is 5.69 Å². The molecule has 0 radical (unpaired) electrons. The Morgan fingerprint density at radius 3 is 3.07 bits per heavy atom. The van der Waals surface area contributed by atoms with Gasteiger partial charge in [0.05, 0.1) is 15.9 Å². The van der Waals surface area contributed by atoms with Gasteiger partial charge in [0, 0.05) is 5.69 Å². The number of nitrogens with two attached hydrogens (primary N) is 1. The molecule has 15 heavy (non-hydrogen) atoms. The Morgan fingerprint density at radius 2 is 2.20 bits per heavy atom. The van der Waals surface area contributed by atoms with E-state index in [0.717, 1.165) is 24.0 Å². The van der Waals surface area contributed by atoms with Gasteiger partial charge >= 0.3 is 0 Å². The van der Waals surface area contributed by atoms with E-state index in [2.05, 4.69) is 16.9 Å². The van der Waals surface area contributed by atoms with Crippen molar-refractivity contribution < 1.29 is 0 Å². The van der Waals surface area contributed by atoms with Crippen LogP contribution in [0.3, 0.4) is 0 Å². The van der Waals surface area contributed by atoms with E-state index in [0.29, 0.717) is 0 Å². The standard InChI is InChI=1S/C11H13N3S/c12-14-10-7-3-1-2-4-8(7)13-9-5-6-15-11(9)10/h5-6H,1-4,12H2,(H,13,14). The molecule has 0 aromatic carbocycles. The number of aromatic nitrogens is 1. The topological polar surface area (TPSA) is 50.9 Å². The molecule has 2 aromatic heterocycles. The van der Waals surface area contributed by atoms with Crippen molar-refractivity contribution in [1.29, 1.82) is 0 Å². The molecule has 1 aliphatic rings. The van der Waals surface area contributed by atoms with Gasteiger partial charge in [0.15, 0.2) is 0 Å². The van der Waals surface area contributed by atoms with E-state index >= 15 is 0 Å². The molecule has 2 aromatic rings. The van der Waals surface area contributed by atoms with Crippen LogP contribution in [0.2, 0.25) is 0 Å². The van der Waals surface area contributed by atoms with E-state index in [1.807, 2.05) is 0 Å². The molecule has 2 heterocycles. The molecule has 0 unspecified atom stereocenters. The van der Waals surface area contributed by atoms with Gasteiger partial charge in [-0.05, 0) is 42.7 Å². The van der Waals surface area contributed by atoms with Crippen LogP contribution in [-0.4, -0.2) is 4.98 Å². The number of aryl methyl sites for hydroxylation is 1. The number of nitrogens with zero attached hydrogens (tertiary/aromatic N) is 1. The van der Waals surface area contributed by atoms with Crippen molar-refractivity contribution >= 4 is 27.2 Å². The first-order chi connectivity index (χ1) is 7.40. The number of thiophene rings is 1. The molecule has 0 atom stereocenters. The molecule has 3 rings (SSSR count). The lowest BCUT2D eigenvalue weighted by Crippen LogP contribution is -2.14. The monoisotopic (exact) mass is 219 g/mol. The van der Waals surface area contributed by atoms with Gasteiger partial charge in [-0.15, -0.1) is 11.3 Å². The van der Waals surface area contributed by atoms with E-state index < -0.39 is 0 Å². The summed E-state index contributed by atoms with van der Waals surface area (Å²) in [6.45, 7) is 0. The van der Waals surface area contributed by atoms with Crippen LogP contribution >= 0.6 is 11.3 Å². The summed E-state index contributed by atoms with van der Waals surface area (Å²) in [6.07, 6.45) is 4.70. The second-order valence-corrected chi connectivity index (χ2v) is 4.81. The predicted octanol–water partition coefficient (Wildman–Crippen LogP) is 2.46. The van der Waals surface area contributed by atoms with Gasteiger partial charge in [-0.1, -0.05) is 0 Å². The molecule has 0 fully saturated rings. The number of hydrazine groups is 1. The normalized spacial score (nSPS) is 15.3. The van der Waals surface area contributed by atoms with Crippen LogP contribution in [-0.2, 0) is 12.8 Å². The number of rotatable bonds is 1. The largest absolute Gasteiger partial charge is 0.322 e. The SMILES string of the molecule is NNc1c2c(nc3ccsc13)CCCC2. The van der Waals surface area contributed by atoms with Crippen molar-refractivity contribution in [3.63, 3.8) is 0 Å². The summed E-state index contributed by atoms with van der Waals surface area (Å²) in [6, 6.07) is 2.07. The van der Waals surface area contributed by atoms with E-state index in [1.54, 1.807) is 11.3 Å². The van der Waals surface area contributed by atoms with Crippen molar-refractivity contribution in [1.82, 2.24) is 4.98 Å². The van der Waals surface area contributed by atoms with Crippen LogP contribution in [0.25, 0.3) is 10.2 Å². The highest BCUT2D eigenvalue weighted by molar-refractivity contribution is 7.17. The predicted molar refractivity (Wildman–Crippen MR) is 64.1 cm³/mol. The van der Waals surface area contributed by atoms with E-state index in [-0.39, 0.29) is 0 Å². The van der Waals surface area contributed by atoms with Gasteiger partial charge in [-0.2, -0.15) is 0 Å². The van der Waals surface area contributed by atoms with Crippen molar-refractivity contribution in [2.45, 2.75) is 25.7 Å². The number of pyridine rings is 1. The molecule has 0 saturated carbocycles. The molecule has 0 bridgehead atoms. The lowest BCUT2D eigenvalue weighted by atomic mass is 9.94. The molecular weight excluding hydrogens is 206 g/mol. The zero-order valence-corrected chi connectivity index (χ0v) is 9.23. The second-order valence-electron chi connectivity index (χ2n) is 3.90. The third kappa shape index (κ3) is 1.33. The highest BCUT2D eigenvalue weighted by Crippen LogP contribution is 2.35. The van der Waals surface area contributed by atoms with Gasteiger partial charge in [0.1, 0.15) is 0 Å². The summed E-state index contributed by atoms with van der Waals surface area (Å²) >= 11 is 1.71. The van der Waals surface area contributed by atoms with Crippen LogP contribution in [0, 0.1) is 0 Å². The first-order valence-electron chi connectivity index (χ1n) is 5.25. The van der Waals surface area contributed by atoms with Gasteiger partial charge in [0.25, 0.3) is 0 Å². The molecule has 3 N–H and O–H groups in total. The fourth-order valence-corrected chi connectivity index (χ4v) is 3.16. The molecule has 0 amide bonds. The highest BCUT2D eigenvalue weighted by Gasteiger charge is 2.17. The van der Waals surface area contributed by atoms with Gasteiger partial charge in [-0.25, -0.2) is 0 Å². The zero-order valence-electron chi connectivity index (χ0n) is 8.42. The van der Waals surface area contributed by atoms with Crippen LogP contribution in [0.1, 0.15) is 24.1 Å². The minimum Gasteiger partial charge on any atom is -0.322 e. The fraction of sp³-hybridized carbons (Fsp3) is 0.364. The Balaban J connectivity index is 2.34. The minimum absolute atomic E-state index is 1.08. The Labute approximate surface area is 92.3 Å². The number of hydrogen-bond acceptors (Lipinski definition) is 4. The summed E-state index contributed by atoms with van der Waals surface area (Å²) in [4.78, 5) is 4.70. The molecule has 78 valence electrons. The molecule has 0 spiro atoms. The minimum atomic E-state index is 1.08. The maximum atomic E-state index is 5.63. The Morgan fingerprint density at radius 1 is 1.33 bits per heavy atom. The van der Waals surface area contributed by atoms with E-state index in [4.69, 9.17) is 10.8 Å². The van der Waals surface area contributed by atoms with E-state index in [1.165, 1.54) is 28.8 Å². The number of nitrogen functional groups attached to an aromatic ring is 1. The van der Waals surface area contributed by atoms with Crippen molar-refractivity contribution in [2.24, 2.45) is 5.84 Å². The van der Waals surface area contributed by atoms with E-state index in [9.17, 15) is 0 Å². The number of fused-ring (bicyclic) bond motifs is 2. The molecule has 1 aliphatic carbocycles. The fourth-order valence-electron chi connectivity index (χ4n) is 2.29. The van der Waals surface area contributed by atoms with Crippen molar-refractivity contribution in [3.05, 3.63) is 22.7 Å². The lowest BCUT2D eigenvalue weighted by Gasteiger charge is -2.18. The van der Waals surface area contributed by atoms with Crippen LogP contribution in [0.15, 0.2) is 11.4 Å². The summed E-state index contributed by atoms with van der Waals surface area (Å²) in [5, 5.41) is 2.07. The molecule has 0 saturated heterocycles. The molecule has 4 heteroatoms. The maximum absolute atomic E-state index is 5.63. The van der Waals surface area contributed by atoms with Gasteiger partial charge in [0.2, 0.25) is 0 Å². The first-order valence-corrected chi connectivity index (χ1v) is 6.13. The Hall–Kier alpha value is -1.13. The van der Waals surface area contributed by atoms with Crippen molar-refractivity contribution in [2.75, 3.05) is 5.43 Å². The number of hydrogen-bond donors (Lipinski definition) is 2. The smallest absolute Gasteiger partial charge is 0.0834 e. The second kappa shape index (κ2) is 3.47. The Kier molecular flexibility index (Phi) is 2.11. The van der Waals surface area contributed by atoms with Crippen molar-refractivity contribution in [3.8, 4) is 0 Å². The van der Waals surface area contributed by atoms with Gasteiger partial charge < -0.3 is 5.43 Å². The Bertz CT molecular complexity index is 504. The van der Waals surface area contributed by atoms with Gasteiger partial charge in [-0.3, -0.25) is 10.8 Å². The first kappa shape index (κ1) is 9.12. The molecule has 0 aliphatic heterocycles. The number of anilines is 1. The van der Waals surface area contributed by atoms with Crippen LogP contribution < -0.4 is 11.3 Å². The average molecular weight is 219 g/mol. The lowest BCUT2D eigenvalue weighted by molar-refractivity contribution is 0.672. The highest BCUT2D eigenvalue weighted by atomic mass is 32.1. The maximum Gasteiger partial charge on any atom is 0.0834 e. The third-order valence-electron chi connectivity index (χ3n) is 3.01. The molecular formula is C11H13N3S. The summed E-state index contributed by atoms with van der Waals surface area (Å²) in [7, 11) is 0.